The summed E-state index contributed by atoms with van der Waals surface area (Å²) in [4.78, 5) is 52.0. The van der Waals surface area contributed by atoms with Crippen molar-refractivity contribution in [2.24, 2.45) is 0 Å². The highest BCUT2D eigenvalue weighted by Crippen LogP contribution is 2.45. The normalized spacial score (nSPS) is 19.4. The molecule has 182 valence electrons. The summed E-state index contributed by atoms with van der Waals surface area (Å²) in [6, 6.07) is 2.19. The molecule has 4 heterocycles. The number of urea groups is 1. The molecule has 1 fully saturated rings. The number of carbonyl (C=O) groups is 3. The monoisotopic (exact) mass is 490 g/mol. The van der Waals surface area contributed by atoms with Gasteiger partial charge in [-0.2, -0.15) is 18.1 Å². The van der Waals surface area contributed by atoms with E-state index in [9.17, 15) is 32.7 Å². The van der Waals surface area contributed by atoms with Crippen LogP contribution in [-0.4, -0.2) is 64.0 Å². The van der Waals surface area contributed by atoms with E-state index in [0.717, 1.165) is 17.9 Å². The van der Waals surface area contributed by atoms with Gasteiger partial charge < -0.3 is 15.3 Å². The minimum Gasteiger partial charge on any atom is -0.478 e. The number of hydrogen-bond acceptors (Lipinski definition) is 6. The number of hydrogen-bond donors (Lipinski definition) is 3. The molecule has 0 spiro atoms. The number of amides is 3. The van der Waals surface area contributed by atoms with Gasteiger partial charge in [0.15, 0.2) is 5.82 Å². The smallest absolute Gasteiger partial charge is 0.408 e. The predicted molar refractivity (Wildman–Crippen MR) is 118 cm³/mol. The van der Waals surface area contributed by atoms with Crippen LogP contribution >= 0.6 is 0 Å². The molecule has 3 amide bonds. The summed E-state index contributed by atoms with van der Waals surface area (Å²) in [5.74, 6) is -2.42. The van der Waals surface area contributed by atoms with E-state index < -0.39 is 35.8 Å². The summed E-state index contributed by atoms with van der Waals surface area (Å²) < 4.78 is 38.7. The zero-order chi connectivity index (χ0) is 25.5. The fraction of sp³-hybridized carbons (Fsp3) is 0.333. The summed E-state index contributed by atoms with van der Waals surface area (Å²) in [5.41, 5.74) is -1.29. The van der Waals surface area contributed by atoms with Crippen LogP contribution in [0, 0.1) is 6.57 Å². The molecule has 2 aliphatic rings. The molecule has 4 rings (SSSR count). The number of carboxylic acid groups (broad SMARTS) is 1. The molecule has 11 nitrogen and oxygen atoms in total. The topological polar surface area (TPSA) is 132 Å². The number of anilines is 3. The van der Waals surface area contributed by atoms with E-state index in [1.165, 1.54) is 24.4 Å². The lowest BCUT2D eigenvalue weighted by Crippen LogP contribution is -2.56. The summed E-state index contributed by atoms with van der Waals surface area (Å²) >= 11 is 0. The van der Waals surface area contributed by atoms with Crippen LogP contribution in [0.25, 0.3) is 4.85 Å². The maximum Gasteiger partial charge on any atom is 0.408 e. The lowest BCUT2D eigenvalue weighted by atomic mass is 10.1. The van der Waals surface area contributed by atoms with Gasteiger partial charge in [-0.15, -0.1) is 0 Å². The first-order chi connectivity index (χ1) is 16.4. The first-order valence-electron chi connectivity index (χ1n) is 10.3. The first kappa shape index (κ1) is 23.7. The fourth-order valence-corrected chi connectivity index (χ4v) is 3.94. The molecule has 2 atom stereocenters. The van der Waals surface area contributed by atoms with Gasteiger partial charge in [-0.05, 0) is 31.2 Å². The van der Waals surface area contributed by atoms with Crippen LogP contribution < -0.4 is 20.4 Å². The summed E-state index contributed by atoms with van der Waals surface area (Å²) in [7, 11) is 0. The molecule has 2 aromatic heterocycles. The Labute approximate surface area is 196 Å². The molecule has 2 aliphatic heterocycles. The zero-order valence-corrected chi connectivity index (χ0v) is 18.2. The fourth-order valence-electron chi connectivity index (χ4n) is 3.94. The number of nitrogens with one attached hydrogen (secondary N) is 2. The number of pyridine rings is 2. The van der Waals surface area contributed by atoms with E-state index in [0.29, 0.717) is 18.7 Å². The summed E-state index contributed by atoms with van der Waals surface area (Å²) in [6.45, 7) is 7.14. The third-order valence-electron chi connectivity index (χ3n) is 5.81. The highest BCUT2D eigenvalue weighted by atomic mass is 19.4. The van der Waals surface area contributed by atoms with Crippen LogP contribution in [0.4, 0.5) is 35.3 Å². The van der Waals surface area contributed by atoms with Crippen LogP contribution in [0.3, 0.4) is 0 Å². The van der Waals surface area contributed by atoms with Gasteiger partial charge in [0.1, 0.15) is 24.1 Å². The number of aromatic nitrogens is 2. The molecule has 0 saturated carbocycles. The van der Waals surface area contributed by atoms with Gasteiger partial charge in [0, 0.05) is 12.7 Å². The second kappa shape index (κ2) is 8.42. The van der Waals surface area contributed by atoms with Crippen LogP contribution in [0.15, 0.2) is 30.5 Å². The second-order valence-electron chi connectivity index (χ2n) is 8.06. The van der Waals surface area contributed by atoms with Crippen molar-refractivity contribution in [3.8, 4) is 6.57 Å². The number of nitrogens with zero attached hydrogens (tertiary/aromatic N) is 5. The second-order valence-corrected chi connectivity index (χ2v) is 8.06. The maximum absolute atomic E-state index is 13.4. The Morgan fingerprint density at radius 3 is 2.69 bits per heavy atom. The number of alkyl halides is 3. The summed E-state index contributed by atoms with van der Waals surface area (Å²) in [6.07, 6.45) is -3.14. The largest absolute Gasteiger partial charge is 0.478 e. The average Bonchev–Trinajstić information content (AvgIpc) is 3.18. The minimum absolute atomic E-state index is 0.0397. The molecule has 14 heteroatoms. The highest BCUT2D eigenvalue weighted by Gasteiger charge is 2.60. The Bertz CT molecular complexity index is 1260. The van der Waals surface area contributed by atoms with Gasteiger partial charge in [-0.3, -0.25) is 10.1 Å². The van der Waals surface area contributed by atoms with Crippen molar-refractivity contribution >= 4 is 35.2 Å². The van der Waals surface area contributed by atoms with E-state index in [-0.39, 0.29) is 29.4 Å². The van der Waals surface area contributed by atoms with Crippen LogP contribution in [-0.2, 0) is 0 Å². The molecule has 2 aromatic rings. The number of carboxylic acids is 1. The number of rotatable bonds is 4. The third kappa shape index (κ3) is 4.27. The van der Waals surface area contributed by atoms with E-state index >= 15 is 0 Å². The maximum atomic E-state index is 13.4. The van der Waals surface area contributed by atoms with Gasteiger partial charge >= 0.3 is 23.8 Å². The first-order valence-corrected chi connectivity index (χ1v) is 10.3. The number of aromatic carboxylic acids is 1. The standard InChI is InChI=1S/C21H18F3N7O4/c1-11(21(22,23)24)27-17(32)13-3-4-14-16(28-13)31(20(25-2)6-8-30(14)10-20)19(35)29-15-9-12(18(33)34)5-7-26-15/h2-5,7,9,11H,6,8,10H2,1H3,(H2-,26,27,29,32,33,34,35)/p+1/t11-,20+/m1/s1. The predicted octanol–water partition coefficient (Wildman–Crippen LogP) is 2.78. The third-order valence-corrected chi connectivity index (χ3v) is 5.81. The Hall–Kier alpha value is -4.41. The van der Waals surface area contributed by atoms with Crippen molar-refractivity contribution in [2.75, 3.05) is 28.2 Å². The van der Waals surface area contributed by atoms with Crippen molar-refractivity contribution < 1.29 is 32.7 Å². The lowest BCUT2D eigenvalue weighted by Gasteiger charge is -2.35. The van der Waals surface area contributed by atoms with E-state index in [2.05, 4.69) is 20.1 Å². The Morgan fingerprint density at radius 2 is 2.03 bits per heavy atom. The van der Waals surface area contributed by atoms with Crippen LogP contribution in [0.5, 0.6) is 0 Å². The minimum atomic E-state index is -4.65. The molecule has 3 N–H and O–H groups in total. The molecule has 0 radical (unpaired) electrons. The Kier molecular flexibility index (Phi) is 5.71. The van der Waals surface area contributed by atoms with E-state index in [1.54, 1.807) is 0 Å². The molecular weight excluding hydrogens is 471 g/mol. The van der Waals surface area contributed by atoms with Gasteiger partial charge in [0.25, 0.3) is 12.5 Å². The van der Waals surface area contributed by atoms with Crippen molar-refractivity contribution in [1.29, 1.82) is 0 Å². The summed E-state index contributed by atoms with van der Waals surface area (Å²) in [5, 5.41) is 13.5. The molecule has 0 aromatic carbocycles. The number of fused-ring (bicyclic) bond motifs is 4. The number of halogens is 3. The zero-order valence-electron chi connectivity index (χ0n) is 18.2. The van der Waals surface area contributed by atoms with Gasteiger partial charge in [0.2, 0.25) is 0 Å². The van der Waals surface area contributed by atoms with Gasteiger partial charge in [0.05, 0.1) is 17.7 Å². The highest BCUT2D eigenvalue weighted by molar-refractivity contribution is 6.06. The molecule has 1 saturated heterocycles. The molecule has 2 bridgehead atoms. The van der Waals surface area contributed by atoms with Crippen molar-refractivity contribution in [3.05, 3.63) is 46.6 Å². The molecule has 35 heavy (non-hydrogen) atoms. The molecule has 0 unspecified atom stereocenters. The van der Waals surface area contributed by atoms with Gasteiger partial charge in [-0.1, -0.05) is 4.85 Å². The Morgan fingerprint density at radius 1 is 1.29 bits per heavy atom. The van der Waals surface area contributed by atoms with Crippen LogP contribution in [0.2, 0.25) is 0 Å². The van der Waals surface area contributed by atoms with E-state index in [1.807, 2.05) is 10.2 Å². The van der Waals surface area contributed by atoms with Gasteiger partial charge in [-0.25, -0.2) is 19.6 Å². The Balaban J connectivity index is 1.71. The van der Waals surface area contributed by atoms with Crippen molar-refractivity contribution in [1.82, 2.24) is 15.3 Å². The average molecular weight is 490 g/mol. The van der Waals surface area contributed by atoms with Crippen molar-refractivity contribution in [3.63, 3.8) is 0 Å². The quantitative estimate of drug-likeness (QED) is 0.601. The number of carbonyl (C=O) groups excluding carboxylic acids is 2. The molecular formula is C21H19F3N7O4+. The van der Waals surface area contributed by atoms with Crippen LogP contribution in [0.1, 0.15) is 34.2 Å². The SMILES string of the molecule is C#[N+][C@]12CCN(C1)c1ccc(C(=O)N[C@H](C)C(F)(F)F)nc1N2C(=O)Nc1cc(C(=O)O)ccn1. The van der Waals surface area contributed by atoms with E-state index in [4.69, 9.17) is 6.57 Å². The van der Waals surface area contributed by atoms with Crippen molar-refractivity contribution in [2.45, 2.75) is 31.2 Å². The lowest BCUT2D eigenvalue weighted by molar-refractivity contribution is -0.149. The molecule has 0 aliphatic carbocycles.